The van der Waals surface area contributed by atoms with E-state index < -0.39 is 0 Å². The predicted molar refractivity (Wildman–Crippen MR) is 200 cm³/mol. The van der Waals surface area contributed by atoms with Gasteiger partial charge in [0.2, 0.25) is 0 Å². The summed E-state index contributed by atoms with van der Waals surface area (Å²) in [5.41, 5.74) is 9.66. The van der Waals surface area contributed by atoms with Gasteiger partial charge in [-0.1, -0.05) is 13.8 Å². The molecule has 0 aliphatic carbocycles. The molecule has 265 valence electrons. The van der Waals surface area contributed by atoms with E-state index >= 15 is 0 Å². The molecule has 50 heavy (non-hydrogen) atoms. The Morgan fingerprint density at radius 3 is 1.64 bits per heavy atom. The summed E-state index contributed by atoms with van der Waals surface area (Å²) < 4.78 is 0. The molecule has 0 saturated heterocycles. The van der Waals surface area contributed by atoms with Crippen molar-refractivity contribution in [3.8, 4) is 0 Å². The summed E-state index contributed by atoms with van der Waals surface area (Å²) in [6.07, 6.45) is 5.70. The van der Waals surface area contributed by atoms with Crippen molar-refractivity contribution in [2.24, 2.45) is 0 Å². The van der Waals surface area contributed by atoms with E-state index in [1.54, 1.807) is 12.4 Å². The second-order valence-electron chi connectivity index (χ2n) is 12.9. The second-order valence-corrected chi connectivity index (χ2v) is 12.9. The Bertz CT molecular complexity index is 1700. The average Bonchev–Trinajstić information content (AvgIpc) is 3.73. The fourth-order valence-corrected chi connectivity index (χ4v) is 6.13. The molecule has 0 bridgehead atoms. The minimum Gasteiger partial charge on any atom is -0.505 e. The molecule has 0 spiro atoms. The van der Waals surface area contributed by atoms with Crippen molar-refractivity contribution in [2.45, 2.75) is 60.3 Å². The van der Waals surface area contributed by atoms with Crippen molar-refractivity contribution < 1.29 is 20.1 Å². The van der Waals surface area contributed by atoms with Gasteiger partial charge in [-0.3, -0.25) is 0 Å². The van der Waals surface area contributed by atoms with Crippen LogP contribution in [0.3, 0.4) is 0 Å². The Kier molecular flexibility index (Phi) is 12.3. The van der Waals surface area contributed by atoms with Crippen LogP contribution in [0.1, 0.15) is 65.9 Å². The van der Waals surface area contributed by atoms with Gasteiger partial charge in [0, 0.05) is 43.9 Å². The molecule has 7 rings (SSSR count). The number of rotatable bonds is 9. The maximum atomic E-state index is 4.41. The Labute approximate surface area is 313 Å². The molecule has 8 nitrogen and oxygen atoms in total. The van der Waals surface area contributed by atoms with Crippen LogP contribution in [-0.2, 0) is 20.1 Å². The van der Waals surface area contributed by atoms with Crippen LogP contribution in [0, 0.1) is 38.2 Å². The number of aromatic nitrogens is 2. The third-order valence-electron chi connectivity index (χ3n) is 9.34. The second kappa shape index (κ2) is 16.6. The van der Waals surface area contributed by atoms with Gasteiger partial charge in [0.25, 0.3) is 0 Å². The van der Waals surface area contributed by atoms with Crippen LogP contribution in [0.4, 0.5) is 28.7 Å². The summed E-state index contributed by atoms with van der Waals surface area (Å²) in [6, 6.07) is 32.4. The quantitative estimate of drug-likeness (QED) is 0.123. The minimum absolute atomic E-state index is 0. The Morgan fingerprint density at radius 1 is 0.620 bits per heavy atom. The van der Waals surface area contributed by atoms with E-state index in [2.05, 4.69) is 139 Å². The third kappa shape index (κ3) is 8.00. The molecular formula is C41H46IrN8-6. The Hall–Kier alpha value is -4.33. The molecule has 3 aliphatic heterocycles. The molecule has 1 radical (unpaired) electrons. The summed E-state index contributed by atoms with van der Waals surface area (Å²) in [7, 11) is 1.97. The Balaban J connectivity index is 0.000000209. The van der Waals surface area contributed by atoms with Gasteiger partial charge >= 0.3 is 0 Å². The van der Waals surface area contributed by atoms with Gasteiger partial charge < -0.3 is 29.4 Å². The van der Waals surface area contributed by atoms with E-state index in [0.29, 0.717) is 5.92 Å². The van der Waals surface area contributed by atoms with E-state index in [0.717, 1.165) is 54.6 Å². The summed E-state index contributed by atoms with van der Waals surface area (Å²) in [6.45, 7) is 21.6. The average molecular weight is 843 g/mol. The molecule has 0 amide bonds. The van der Waals surface area contributed by atoms with Gasteiger partial charge in [-0.25, -0.2) is 9.97 Å². The standard InChI is InChI=1S/C26H30N4.C15H16N4.Ir/c1-21-23(3)29(25-13-7-5-8-14-25)19-27(21)17-11-12-18-28-20-30(24(4)22(28)2)26-15-9-6-10-16-26;1-11(2)12-5-4-6-13(9-12)19-10-18(3)14-15(19)17-8-7-16-14;/h5-10,13,15,19-20H,11-12,17-18H2,1-4H3;4-5,7-11H,1-3H3;/q-4;-2;. The predicted octanol–water partition coefficient (Wildman–Crippen LogP) is 8.86. The van der Waals surface area contributed by atoms with Gasteiger partial charge in [-0.05, 0) is 78.0 Å². The molecule has 0 N–H and O–H groups in total. The minimum atomic E-state index is 0. The van der Waals surface area contributed by atoms with Crippen molar-refractivity contribution in [3.05, 3.63) is 146 Å². The van der Waals surface area contributed by atoms with Gasteiger partial charge in [0.15, 0.2) is 0 Å². The first-order valence-electron chi connectivity index (χ1n) is 17.0. The molecule has 4 aromatic rings. The molecule has 3 aliphatic rings. The smallest absolute Gasteiger partial charge is 0.143 e. The topological polar surface area (TPSA) is 45.2 Å². The van der Waals surface area contributed by atoms with Crippen LogP contribution >= 0.6 is 0 Å². The van der Waals surface area contributed by atoms with Crippen molar-refractivity contribution in [1.82, 2.24) is 19.8 Å². The largest absolute Gasteiger partial charge is 0.505 e. The molecule has 0 fully saturated rings. The Morgan fingerprint density at radius 2 is 1.14 bits per heavy atom. The summed E-state index contributed by atoms with van der Waals surface area (Å²) in [4.78, 5) is 21.9. The van der Waals surface area contributed by atoms with E-state index in [9.17, 15) is 0 Å². The van der Waals surface area contributed by atoms with E-state index in [1.165, 1.54) is 28.4 Å². The molecular weight excluding hydrogens is 797 g/mol. The SMILES string of the molecule is CC(C)c1cc[c-]c(N2[CH-]N(C)c3nccnc32)c1.CC1=C(C)N(c2[c-]cccc2)[CH-]N1CCCCN1[CH-]N(c2[c-]cccc2)C(C)=C1C.[Ir]. The fourth-order valence-electron chi connectivity index (χ4n) is 6.13. The molecule has 0 unspecified atom stereocenters. The summed E-state index contributed by atoms with van der Waals surface area (Å²) in [5, 5.41) is 0. The van der Waals surface area contributed by atoms with Crippen LogP contribution in [0.2, 0.25) is 0 Å². The van der Waals surface area contributed by atoms with Crippen LogP contribution < -0.4 is 19.6 Å². The van der Waals surface area contributed by atoms with Crippen LogP contribution in [0.5, 0.6) is 0 Å². The molecule has 3 aromatic carbocycles. The monoisotopic (exact) mass is 843 g/mol. The zero-order valence-electron chi connectivity index (χ0n) is 30.1. The normalized spacial score (nSPS) is 15.6. The molecule has 0 saturated carbocycles. The van der Waals surface area contributed by atoms with Crippen LogP contribution in [0.15, 0.2) is 102 Å². The van der Waals surface area contributed by atoms with Crippen LogP contribution in [0.25, 0.3) is 0 Å². The van der Waals surface area contributed by atoms with Crippen molar-refractivity contribution in [3.63, 3.8) is 0 Å². The fraction of sp³-hybridized carbons (Fsp3) is 0.293. The number of anilines is 5. The number of para-hydroxylation sites is 2. The zero-order chi connectivity index (χ0) is 34.5. The number of nitrogens with zero attached hydrogens (tertiary/aromatic N) is 8. The molecule has 4 heterocycles. The summed E-state index contributed by atoms with van der Waals surface area (Å²) >= 11 is 0. The van der Waals surface area contributed by atoms with E-state index in [4.69, 9.17) is 0 Å². The summed E-state index contributed by atoms with van der Waals surface area (Å²) in [5.74, 6) is 2.21. The maximum Gasteiger partial charge on any atom is 0.143 e. The number of benzene rings is 3. The van der Waals surface area contributed by atoms with Gasteiger partial charge in [-0.2, -0.15) is 97.8 Å². The molecule has 0 atom stereocenters. The van der Waals surface area contributed by atoms with Crippen molar-refractivity contribution in [1.29, 1.82) is 0 Å². The van der Waals surface area contributed by atoms with Crippen molar-refractivity contribution >= 4 is 28.7 Å². The number of hydrogen-bond donors (Lipinski definition) is 0. The number of unbranched alkanes of at least 4 members (excludes halogenated alkanes) is 1. The van der Waals surface area contributed by atoms with Gasteiger partial charge in [-0.15, -0.1) is 29.8 Å². The van der Waals surface area contributed by atoms with E-state index in [-0.39, 0.29) is 20.1 Å². The first-order chi connectivity index (χ1) is 23.7. The van der Waals surface area contributed by atoms with Crippen LogP contribution in [-0.4, -0.2) is 39.9 Å². The number of allylic oxidation sites excluding steroid dienone is 4. The molecule has 9 heteroatoms. The zero-order valence-corrected chi connectivity index (χ0v) is 32.4. The third-order valence-corrected chi connectivity index (χ3v) is 9.34. The maximum absolute atomic E-state index is 4.41. The molecule has 1 aromatic heterocycles. The first kappa shape index (κ1) is 36.9. The van der Waals surface area contributed by atoms with E-state index in [1.807, 2.05) is 53.8 Å². The number of fused-ring (bicyclic) bond motifs is 1. The number of hydrogen-bond acceptors (Lipinski definition) is 8. The van der Waals surface area contributed by atoms with Crippen molar-refractivity contribution in [2.75, 3.05) is 39.7 Å². The van der Waals surface area contributed by atoms with Gasteiger partial charge in [0.1, 0.15) is 11.6 Å². The first-order valence-corrected chi connectivity index (χ1v) is 17.0. The van der Waals surface area contributed by atoms with Gasteiger partial charge in [0.05, 0.1) is 0 Å².